The lowest BCUT2D eigenvalue weighted by atomic mass is 9.64. The molecule has 2 saturated heterocycles. The summed E-state index contributed by atoms with van der Waals surface area (Å²) in [5.74, 6) is -1.05. The molecule has 0 spiro atoms. The van der Waals surface area contributed by atoms with Crippen LogP contribution >= 0.6 is 0 Å². The maximum Gasteiger partial charge on any atom is 0.170 e. The molecule has 5 heteroatoms. The van der Waals surface area contributed by atoms with E-state index in [-0.39, 0.29) is 41.2 Å². The molecule has 0 radical (unpaired) electrons. The average molecular weight is 350 g/mol. The number of carbonyl (C=O) groups excluding carboxylic acids is 1. The molecule has 2 aliphatic heterocycles. The number of rotatable bonds is 1. The molecule has 0 unspecified atom stereocenters. The van der Waals surface area contributed by atoms with E-state index in [0.29, 0.717) is 13.2 Å². The molecule has 0 amide bonds. The standard InChI is InChI=1S/C20H30O5/c1-18(2)10-22-20(5,23-11-18)14-9-13-12(7-6-8-15(13)21)16-17(14)25-19(3,4)24-16/h6,8,12-14,16-17H,7,9-11H2,1-5H3/t12-,13-,14+,16+,17-/m0/s1. The largest absolute Gasteiger partial charge is 0.349 e. The third-order valence-electron chi connectivity index (χ3n) is 6.24. The fourth-order valence-corrected chi connectivity index (χ4v) is 4.85. The topological polar surface area (TPSA) is 54.0 Å². The van der Waals surface area contributed by atoms with E-state index in [2.05, 4.69) is 13.8 Å². The lowest BCUT2D eigenvalue weighted by Crippen LogP contribution is -2.59. The van der Waals surface area contributed by atoms with Gasteiger partial charge in [0.25, 0.3) is 0 Å². The van der Waals surface area contributed by atoms with Crippen molar-refractivity contribution in [3.05, 3.63) is 12.2 Å². The van der Waals surface area contributed by atoms with Crippen LogP contribution in [0.15, 0.2) is 12.2 Å². The highest BCUT2D eigenvalue weighted by atomic mass is 16.8. The molecule has 0 N–H and O–H groups in total. The van der Waals surface area contributed by atoms with Crippen molar-refractivity contribution in [2.75, 3.05) is 13.2 Å². The summed E-state index contributed by atoms with van der Waals surface area (Å²) in [5, 5.41) is 0. The van der Waals surface area contributed by atoms with E-state index in [4.69, 9.17) is 18.9 Å². The first-order valence-electron chi connectivity index (χ1n) is 9.44. The fraction of sp³-hybridized carbons (Fsp3) is 0.850. The van der Waals surface area contributed by atoms with Gasteiger partial charge in [-0.25, -0.2) is 0 Å². The Morgan fingerprint density at radius 2 is 1.64 bits per heavy atom. The second kappa shape index (κ2) is 5.62. The van der Waals surface area contributed by atoms with Crippen LogP contribution in [0, 0.1) is 23.2 Å². The maximum atomic E-state index is 12.5. The molecule has 0 aromatic carbocycles. The second-order valence-electron chi connectivity index (χ2n) is 9.48. The lowest BCUT2D eigenvalue weighted by Gasteiger charge is -2.51. The Balaban J connectivity index is 1.65. The third-order valence-corrected chi connectivity index (χ3v) is 6.24. The molecule has 4 aliphatic rings. The Morgan fingerprint density at radius 3 is 2.32 bits per heavy atom. The number of allylic oxidation sites excluding steroid dienone is 2. The van der Waals surface area contributed by atoms with Crippen molar-refractivity contribution in [1.82, 2.24) is 0 Å². The van der Waals surface area contributed by atoms with Crippen LogP contribution in [0.2, 0.25) is 0 Å². The van der Waals surface area contributed by atoms with Crippen LogP contribution in [0.5, 0.6) is 0 Å². The minimum atomic E-state index is -0.741. The van der Waals surface area contributed by atoms with Gasteiger partial charge < -0.3 is 18.9 Å². The van der Waals surface area contributed by atoms with Gasteiger partial charge in [-0.05, 0) is 39.7 Å². The smallest absolute Gasteiger partial charge is 0.170 e. The summed E-state index contributed by atoms with van der Waals surface area (Å²) in [6, 6.07) is 0. The van der Waals surface area contributed by atoms with Crippen molar-refractivity contribution in [1.29, 1.82) is 0 Å². The Hall–Kier alpha value is -0.750. The number of fused-ring (bicyclic) bond motifs is 3. The Bertz CT molecular complexity index is 583. The normalized spacial score (nSPS) is 44.2. The van der Waals surface area contributed by atoms with Gasteiger partial charge in [0.15, 0.2) is 17.4 Å². The molecule has 5 atom stereocenters. The monoisotopic (exact) mass is 350 g/mol. The van der Waals surface area contributed by atoms with Gasteiger partial charge in [-0.15, -0.1) is 0 Å². The van der Waals surface area contributed by atoms with Gasteiger partial charge in [0.2, 0.25) is 0 Å². The Kier molecular flexibility index (Phi) is 3.97. The van der Waals surface area contributed by atoms with Gasteiger partial charge in [-0.2, -0.15) is 0 Å². The Labute approximate surface area is 150 Å². The second-order valence-corrected chi connectivity index (χ2v) is 9.48. The number of ketones is 1. The first-order valence-corrected chi connectivity index (χ1v) is 9.44. The van der Waals surface area contributed by atoms with Crippen molar-refractivity contribution in [2.45, 2.75) is 71.2 Å². The van der Waals surface area contributed by atoms with Crippen LogP contribution in [0.3, 0.4) is 0 Å². The van der Waals surface area contributed by atoms with E-state index in [1.807, 2.05) is 26.8 Å². The van der Waals surface area contributed by atoms with Gasteiger partial charge in [-0.3, -0.25) is 4.79 Å². The molecule has 3 fully saturated rings. The SMILES string of the molecule is CC1(C)COC(C)([C@@H]2C[C@@H]3C(=O)C=CC[C@@H]3[C@H]3OC(C)(C)O[C@H]32)OC1. The van der Waals surface area contributed by atoms with Crippen molar-refractivity contribution in [3.8, 4) is 0 Å². The van der Waals surface area contributed by atoms with Gasteiger partial charge in [-0.1, -0.05) is 19.9 Å². The molecule has 2 heterocycles. The molecule has 1 saturated carbocycles. The van der Waals surface area contributed by atoms with Gasteiger partial charge in [0, 0.05) is 23.2 Å². The van der Waals surface area contributed by atoms with Crippen LogP contribution in [-0.4, -0.2) is 42.8 Å². The predicted octanol–water partition coefficient (Wildman–Crippen LogP) is 3.08. The molecule has 5 nitrogen and oxygen atoms in total. The highest BCUT2D eigenvalue weighted by Crippen LogP contribution is 2.52. The molecular formula is C20H30O5. The van der Waals surface area contributed by atoms with Crippen LogP contribution in [-0.2, 0) is 23.7 Å². The van der Waals surface area contributed by atoms with E-state index in [1.54, 1.807) is 6.08 Å². The zero-order valence-corrected chi connectivity index (χ0v) is 15.9. The summed E-state index contributed by atoms with van der Waals surface area (Å²) in [7, 11) is 0. The fourth-order valence-electron chi connectivity index (χ4n) is 4.85. The first-order chi connectivity index (χ1) is 11.6. The predicted molar refractivity (Wildman–Crippen MR) is 91.8 cm³/mol. The summed E-state index contributed by atoms with van der Waals surface area (Å²) >= 11 is 0. The van der Waals surface area contributed by atoms with Crippen LogP contribution in [0.4, 0.5) is 0 Å². The summed E-state index contributed by atoms with van der Waals surface area (Å²) in [5.41, 5.74) is 0.00577. The van der Waals surface area contributed by atoms with Gasteiger partial charge >= 0.3 is 0 Å². The highest BCUT2D eigenvalue weighted by Gasteiger charge is 2.60. The minimum Gasteiger partial charge on any atom is -0.349 e. The van der Waals surface area contributed by atoms with Crippen molar-refractivity contribution >= 4 is 5.78 Å². The zero-order valence-electron chi connectivity index (χ0n) is 15.9. The Morgan fingerprint density at radius 1 is 1.00 bits per heavy atom. The van der Waals surface area contributed by atoms with E-state index in [1.165, 1.54) is 0 Å². The third kappa shape index (κ3) is 2.99. The first kappa shape index (κ1) is 17.7. The molecule has 4 rings (SSSR count). The molecule has 25 heavy (non-hydrogen) atoms. The summed E-state index contributed by atoms with van der Waals surface area (Å²) in [4.78, 5) is 12.5. The van der Waals surface area contributed by atoms with E-state index >= 15 is 0 Å². The minimum absolute atomic E-state index is 0.00577. The van der Waals surface area contributed by atoms with Crippen molar-refractivity contribution in [3.63, 3.8) is 0 Å². The lowest BCUT2D eigenvalue weighted by molar-refractivity contribution is -0.330. The summed E-state index contributed by atoms with van der Waals surface area (Å²) in [6.45, 7) is 11.5. The maximum absolute atomic E-state index is 12.5. The highest BCUT2D eigenvalue weighted by molar-refractivity contribution is 5.93. The van der Waals surface area contributed by atoms with Crippen molar-refractivity contribution in [2.24, 2.45) is 23.2 Å². The molecule has 0 aromatic rings. The number of hydrogen-bond acceptors (Lipinski definition) is 5. The van der Waals surface area contributed by atoms with Crippen LogP contribution < -0.4 is 0 Å². The van der Waals surface area contributed by atoms with E-state index in [0.717, 1.165) is 12.8 Å². The molecule has 0 aromatic heterocycles. The summed E-state index contributed by atoms with van der Waals surface area (Å²) < 4.78 is 25.0. The van der Waals surface area contributed by atoms with Gasteiger partial charge in [0.05, 0.1) is 25.4 Å². The van der Waals surface area contributed by atoms with E-state index in [9.17, 15) is 4.79 Å². The van der Waals surface area contributed by atoms with Crippen LogP contribution in [0.1, 0.15) is 47.5 Å². The summed E-state index contributed by atoms with van der Waals surface area (Å²) in [6.07, 6.45) is 5.11. The average Bonchev–Trinajstić information content (AvgIpc) is 2.85. The zero-order chi connectivity index (χ0) is 18.0. The van der Waals surface area contributed by atoms with Crippen molar-refractivity contribution < 1.29 is 23.7 Å². The van der Waals surface area contributed by atoms with E-state index < -0.39 is 11.6 Å². The molecule has 0 bridgehead atoms. The quantitative estimate of drug-likeness (QED) is 0.727. The number of hydrogen-bond donors (Lipinski definition) is 0. The molecule has 140 valence electrons. The number of carbonyl (C=O) groups is 1. The molecular weight excluding hydrogens is 320 g/mol. The number of ether oxygens (including phenoxy) is 4. The molecule has 2 aliphatic carbocycles. The van der Waals surface area contributed by atoms with Crippen LogP contribution in [0.25, 0.3) is 0 Å². The van der Waals surface area contributed by atoms with Gasteiger partial charge in [0.1, 0.15) is 0 Å².